The fraction of sp³-hybridized carbons (Fsp3) is 0.304. The summed E-state index contributed by atoms with van der Waals surface area (Å²) in [7, 11) is 4.57. The number of rotatable bonds is 6. The van der Waals surface area contributed by atoms with E-state index in [0.717, 1.165) is 22.4 Å². The number of ether oxygens (including phenoxy) is 3. The number of methoxy groups -OCH3 is 3. The molecule has 8 heteroatoms. The van der Waals surface area contributed by atoms with Crippen molar-refractivity contribution in [1.29, 1.82) is 0 Å². The maximum absolute atomic E-state index is 13.3. The Morgan fingerprint density at radius 2 is 1.65 bits per heavy atom. The Bertz CT molecular complexity index is 1100. The highest BCUT2D eigenvalue weighted by Crippen LogP contribution is 2.47. The number of benzene rings is 2. The summed E-state index contributed by atoms with van der Waals surface area (Å²) in [5.41, 5.74) is 3.53. The monoisotopic (exact) mass is 423 g/mol. The molecule has 31 heavy (non-hydrogen) atoms. The van der Waals surface area contributed by atoms with E-state index < -0.39 is 6.04 Å². The lowest BCUT2D eigenvalue weighted by molar-refractivity contribution is 0.0687. The number of hydrogen-bond acceptors (Lipinski definition) is 6. The lowest BCUT2D eigenvalue weighted by atomic mass is 9.95. The number of phenolic OH excluding ortho intramolecular Hbond substituents is 1. The minimum atomic E-state index is -0.429. The number of aromatic nitrogens is 2. The topological polar surface area (TPSA) is 96.9 Å². The van der Waals surface area contributed by atoms with Gasteiger partial charge in [-0.15, -0.1) is 0 Å². The summed E-state index contributed by atoms with van der Waals surface area (Å²) in [6, 6.07) is 10.5. The molecule has 0 bridgehead atoms. The minimum Gasteiger partial charge on any atom is -0.502 e. The van der Waals surface area contributed by atoms with Crippen LogP contribution in [0.3, 0.4) is 0 Å². The predicted molar refractivity (Wildman–Crippen MR) is 115 cm³/mol. The van der Waals surface area contributed by atoms with Gasteiger partial charge in [-0.25, -0.2) is 0 Å². The van der Waals surface area contributed by atoms with Gasteiger partial charge < -0.3 is 24.2 Å². The lowest BCUT2D eigenvalue weighted by Gasteiger charge is -2.30. The Morgan fingerprint density at radius 1 is 1.03 bits per heavy atom. The number of aromatic hydroxyl groups is 1. The van der Waals surface area contributed by atoms with Crippen molar-refractivity contribution in [1.82, 2.24) is 15.1 Å². The van der Waals surface area contributed by atoms with Gasteiger partial charge in [0.2, 0.25) is 5.75 Å². The molecule has 1 amide bonds. The highest BCUT2D eigenvalue weighted by Gasteiger charge is 2.43. The number of carbonyl (C=O) groups excluding carboxylic acids is 1. The third kappa shape index (κ3) is 3.24. The second-order valence-corrected chi connectivity index (χ2v) is 7.57. The Balaban J connectivity index is 1.93. The van der Waals surface area contributed by atoms with E-state index in [0.29, 0.717) is 11.4 Å². The van der Waals surface area contributed by atoms with Crippen LogP contribution in [0, 0.1) is 0 Å². The molecule has 0 spiro atoms. The molecule has 0 fully saturated rings. The van der Waals surface area contributed by atoms with E-state index >= 15 is 0 Å². The molecule has 0 radical (unpaired) electrons. The van der Waals surface area contributed by atoms with Crippen LogP contribution in [-0.4, -0.2) is 53.5 Å². The highest BCUT2D eigenvalue weighted by atomic mass is 16.5. The van der Waals surface area contributed by atoms with Crippen molar-refractivity contribution in [3.05, 3.63) is 53.2 Å². The molecule has 3 aromatic rings. The van der Waals surface area contributed by atoms with Crippen LogP contribution in [0.4, 0.5) is 0 Å². The predicted octanol–water partition coefficient (Wildman–Crippen LogP) is 3.76. The van der Waals surface area contributed by atoms with Gasteiger partial charge in [-0.2, -0.15) is 5.10 Å². The smallest absolute Gasteiger partial charge is 0.273 e. The van der Waals surface area contributed by atoms with Crippen molar-refractivity contribution < 1.29 is 24.1 Å². The number of phenols is 1. The first-order valence-corrected chi connectivity index (χ1v) is 9.91. The van der Waals surface area contributed by atoms with Crippen molar-refractivity contribution in [2.75, 3.05) is 21.3 Å². The molecule has 2 N–H and O–H groups in total. The molecule has 162 valence electrons. The first-order valence-electron chi connectivity index (χ1n) is 9.91. The number of amides is 1. The summed E-state index contributed by atoms with van der Waals surface area (Å²) >= 11 is 0. The van der Waals surface area contributed by atoms with E-state index in [1.165, 1.54) is 14.2 Å². The zero-order valence-electron chi connectivity index (χ0n) is 18.1. The molecule has 2 heterocycles. The molecular formula is C23H25N3O5. The molecule has 0 saturated heterocycles. The molecule has 1 atom stereocenters. The largest absolute Gasteiger partial charge is 0.502 e. The molecule has 0 aliphatic carbocycles. The Kier molecular flexibility index (Phi) is 5.22. The maximum atomic E-state index is 13.3. The quantitative estimate of drug-likeness (QED) is 0.627. The van der Waals surface area contributed by atoms with Gasteiger partial charge in [0.25, 0.3) is 5.91 Å². The van der Waals surface area contributed by atoms with Crippen LogP contribution in [0.25, 0.3) is 11.3 Å². The van der Waals surface area contributed by atoms with Crippen molar-refractivity contribution >= 4 is 5.91 Å². The number of nitrogens with one attached hydrogen (secondary N) is 1. The van der Waals surface area contributed by atoms with Gasteiger partial charge in [-0.3, -0.25) is 9.89 Å². The first-order chi connectivity index (χ1) is 14.9. The van der Waals surface area contributed by atoms with Crippen molar-refractivity contribution in [3.63, 3.8) is 0 Å². The van der Waals surface area contributed by atoms with Crippen LogP contribution in [0.15, 0.2) is 36.4 Å². The molecule has 0 saturated carbocycles. The number of nitrogens with zero attached hydrogens (tertiary/aromatic N) is 2. The average Bonchev–Trinajstić information content (AvgIpc) is 3.33. The van der Waals surface area contributed by atoms with E-state index in [4.69, 9.17) is 14.2 Å². The fourth-order valence-corrected chi connectivity index (χ4v) is 4.07. The summed E-state index contributed by atoms with van der Waals surface area (Å²) < 4.78 is 16.0. The zero-order valence-corrected chi connectivity index (χ0v) is 18.1. The standard InChI is InChI=1S/C23H25N3O5/c1-12(2)26-21(14-10-16(30-4)22(27)17(11-14)31-5)18-19(24-25-20(18)23(26)28)13-6-8-15(29-3)9-7-13/h6-12,21,27H,1-5H3,(H,24,25). The fourth-order valence-electron chi connectivity index (χ4n) is 4.07. The second kappa shape index (κ2) is 7.86. The van der Waals surface area contributed by atoms with Gasteiger partial charge in [-0.1, -0.05) is 0 Å². The van der Waals surface area contributed by atoms with Gasteiger partial charge in [0, 0.05) is 17.2 Å². The summed E-state index contributed by atoms with van der Waals surface area (Å²) in [6.07, 6.45) is 0. The summed E-state index contributed by atoms with van der Waals surface area (Å²) in [6.45, 7) is 3.93. The molecule has 8 nitrogen and oxygen atoms in total. The van der Waals surface area contributed by atoms with Gasteiger partial charge >= 0.3 is 0 Å². The number of carbonyl (C=O) groups is 1. The van der Waals surface area contributed by atoms with Crippen molar-refractivity contribution in [2.45, 2.75) is 25.9 Å². The van der Waals surface area contributed by atoms with Crippen LogP contribution in [-0.2, 0) is 0 Å². The normalized spacial score (nSPS) is 15.4. The van der Waals surface area contributed by atoms with Gasteiger partial charge in [0.15, 0.2) is 11.5 Å². The molecule has 1 unspecified atom stereocenters. The third-order valence-corrected chi connectivity index (χ3v) is 5.54. The van der Waals surface area contributed by atoms with E-state index in [9.17, 15) is 9.90 Å². The Labute approximate surface area is 180 Å². The first kappa shape index (κ1) is 20.6. The van der Waals surface area contributed by atoms with Gasteiger partial charge in [0.1, 0.15) is 11.4 Å². The van der Waals surface area contributed by atoms with E-state index in [1.54, 1.807) is 24.1 Å². The van der Waals surface area contributed by atoms with Gasteiger partial charge in [0.05, 0.1) is 33.1 Å². The highest BCUT2D eigenvalue weighted by molar-refractivity contribution is 6.00. The number of fused-ring (bicyclic) bond motifs is 1. The van der Waals surface area contributed by atoms with E-state index in [2.05, 4.69) is 10.2 Å². The molecule has 1 aliphatic heterocycles. The number of aromatic amines is 1. The van der Waals surface area contributed by atoms with Crippen molar-refractivity contribution in [2.24, 2.45) is 0 Å². The minimum absolute atomic E-state index is 0.0761. The summed E-state index contributed by atoms with van der Waals surface area (Å²) in [5.74, 6) is 1.06. The molecule has 2 aromatic carbocycles. The SMILES string of the molecule is COc1ccc(-c2n[nH]c3c2C(c2cc(OC)c(O)c(OC)c2)N(C(C)C)C3=O)cc1. The van der Waals surface area contributed by atoms with Crippen LogP contribution in [0.1, 0.15) is 41.5 Å². The molecular weight excluding hydrogens is 398 g/mol. The van der Waals surface area contributed by atoms with Crippen molar-refractivity contribution in [3.8, 4) is 34.3 Å². The number of hydrogen-bond donors (Lipinski definition) is 2. The molecule has 4 rings (SSSR count). The summed E-state index contributed by atoms with van der Waals surface area (Å²) in [4.78, 5) is 15.1. The second-order valence-electron chi connectivity index (χ2n) is 7.57. The lowest BCUT2D eigenvalue weighted by Crippen LogP contribution is -2.35. The Hall–Kier alpha value is -3.68. The summed E-state index contributed by atoms with van der Waals surface area (Å²) in [5, 5.41) is 17.8. The van der Waals surface area contributed by atoms with Crippen LogP contribution >= 0.6 is 0 Å². The van der Waals surface area contributed by atoms with Crippen LogP contribution in [0.2, 0.25) is 0 Å². The van der Waals surface area contributed by atoms with Gasteiger partial charge in [-0.05, 0) is 55.8 Å². The molecule has 1 aliphatic rings. The average molecular weight is 423 g/mol. The maximum Gasteiger partial charge on any atom is 0.273 e. The van der Waals surface area contributed by atoms with E-state index in [-0.39, 0.29) is 29.2 Å². The zero-order chi connectivity index (χ0) is 22.3. The third-order valence-electron chi connectivity index (χ3n) is 5.54. The molecule has 1 aromatic heterocycles. The van der Waals surface area contributed by atoms with Crippen LogP contribution < -0.4 is 14.2 Å². The Morgan fingerprint density at radius 3 is 2.16 bits per heavy atom. The van der Waals surface area contributed by atoms with E-state index in [1.807, 2.05) is 38.1 Å². The number of H-pyrrole nitrogens is 1. The van der Waals surface area contributed by atoms with Crippen LogP contribution in [0.5, 0.6) is 23.0 Å².